The largest absolute Gasteiger partial charge is 0.493 e. The Morgan fingerprint density at radius 3 is 0.535 bits per heavy atom. The predicted octanol–water partition coefficient (Wildman–Crippen LogP) is 23.2. The van der Waals surface area contributed by atoms with E-state index in [4.69, 9.17) is 18.9 Å². The van der Waals surface area contributed by atoms with Crippen LogP contribution in [0.4, 0.5) is 0 Å². The van der Waals surface area contributed by atoms with Gasteiger partial charge in [-0.1, -0.05) is 123 Å². The van der Waals surface area contributed by atoms with E-state index in [-0.39, 0.29) is 12.2 Å². The van der Waals surface area contributed by atoms with E-state index in [1.54, 1.807) is 0 Å². The van der Waals surface area contributed by atoms with E-state index < -0.39 is 0 Å². The number of rotatable bonds is 14. The fourth-order valence-electron chi connectivity index (χ4n) is 12.7. The van der Waals surface area contributed by atoms with E-state index in [9.17, 15) is 0 Å². The monoisotopic (exact) mass is 1160 g/mol. The molecule has 8 aromatic rings. The SMILES string of the molecule is Cc1cc(C)c(-c2c(C)cc(C)cc2C)c(C)c1.Cc1cc(C)c(-c2c(C)cc(C)cc2C)c(C)c1.Cc1cc(C)c(-c2c(C)cc(C)cc2OC(C)C)c(OC(C)C)c1.Cc1cc(C)c(-c2c(C)cc(C)cc2OCC(C)C)c(OCC(C)C)c1. The lowest BCUT2D eigenvalue weighted by atomic mass is 9.87. The van der Waals surface area contributed by atoms with Crippen LogP contribution in [0.1, 0.15) is 167 Å². The molecular formula is C82H108O4. The van der Waals surface area contributed by atoms with E-state index in [1.165, 1.54) is 134 Å². The number of hydrogen-bond donors (Lipinski definition) is 0. The van der Waals surface area contributed by atoms with Gasteiger partial charge in [0.15, 0.2) is 0 Å². The Balaban J connectivity index is 0.000000212. The summed E-state index contributed by atoms with van der Waals surface area (Å²) >= 11 is 0. The first kappa shape index (κ1) is 69.7. The van der Waals surface area contributed by atoms with E-state index in [1.807, 2.05) is 0 Å². The lowest BCUT2D eigenvalue weighted by Gasteiger charge is -2.22. The number of benzene rings is 8. The average Bonchev–Trinajstić information content (AvgIpc) is 1.02. The van der Waals surface area contributed by atoms with Gasteiger partial charge in [-0.3, -0.25) is 0 Å². The normalized spacial score (nSPS) is 11.1. The number of aryl methyl sites for hydroxylation is 20. The van der Waals surface area contributed by atoms with Crippen LogP contribution in [-0.2, 0) is 0 Å². The van der Waals surface area contributed by atoms with Crippen molar-refractivity contribution in [3.05, 3.63) is 208 Å². The van der Waals surface area contributed by atoms with E-state index in [0.29, 0.717) is 25.0 Å². The highest BCUT2D eigenvalue weighted by Gasteiger charge is 2.22. The molecule has 8 rings (SSSR count). The first-order valence-electron chi connectivity index (χ1n) is 31.5. The molecule has 0 fully saturated rings. The molecule has 4 heteroatoms. The molecule has 0 saturated heterocycles. The highest BCUT2D eigenvalue weighted by Crippen LogP contribution is 2.45. The van der Waals surface area contributed by atoms with Crippen molar-refractivity contribution in [1.29, 1.82) is 0 Å². The molecule has 0 spiro atoms. The smallest absolute Gasteiger partial charge is 0.128 e. The van der Waals surface area contributed by atoms with Crippen molar-refractivity contribution in [2.75, 3.05) is 13.2 Å². The third kappa shape index (κ3) is 18.5. The zero-order valence-corrected chi connectivity index (χ0v) is 58.6. The van der Waals surface area contributed by atoms with E-state index in [0.717, 1.165) is 45.3 Å². The maximum absolute atomic E-state index is 6.22. The zero-order valence-electron chi connectivity index (χ0n) is 58.6. The number of ether oxygens (including phenoxy) is 4. The molecule has 8 aromatic carbocycles. The van der Waals surface area contributed by atoms with Crippen molar-refractivity contribution in [3.63, 3.8) is 0 Å². The van der Waals surface area contributed by atoms with Crippen molar-refractivity contribution in [1.82, 2.24) is 0 Å². The average molecular weight is 1160 g/mol. The fraction of sp³-hybridized carbons (Fsp3) is 0.415. The predicted molar refractivity (Wildman–Crippen MR) is 374 cm³/mol. The van der Waals surface area contributed by atoms with Crippen molar-refractivity contribution in [2.45, 2.75) is 206 Å². The van der Waals surface area contributed by atoms with Crippen molar-refractivity contribution in [2.24, 2.45) is 11.8 Å². The second-order valence-corrected chi connectivity index (χ2v) is 26.7. The van der Waals surface area contributed by atoms with Gasteiger partial charge in [0.2, 0.25) is 0 Å². The zero-order chi connectivity index (χ0) is 64.3. The molecule has 0 radical (unpaired) electrons. The van der Waals surface area contributed by atoms with Gasteiger partial charge in [-0.2, -0.15) is 0 Å². The third-order valence-corrected chi connectivity index (χ3v) is 15.4. The third-order valence-electron chi connectivity index (χ3n) is 15.4. The van der Waals surface area contributed by atoms with Crippen LogP contribution >= 0.6 is 0 Å². The van der Waals surface area contributed by atoms with Gasteiger partial charge >= 0.3 is 0 Å². The lowest BCUT2D eigenvalue weighted by molar-refractivity contribution is 0.239. The van der Waals surface area contributed by atoms with E-state index >= 15 is 0 Å². The Kier molecular flexibility index (Phi) is 24.8. The molecule has 0 atom stereocenters. The molecule has 0 aliphatic heterocycles. The second-order valence-electron chi connectivity index (χ2n) is 26.7. The minimum atomic E-state index is 0.130. The molecule has 86 heavy (non-hydrogen) atoms. The van der Waals surface area contributed by atoms with E-state index in [2.05, 4.69) is 291 Å². The summed E-state index contributed by atoms with van der Waals surface area (Å²) in [5.41, 5.74) is 36.4. The Hall–Kier alpha value is -7.04. The van der Waals surface area contributed by atoms with Gasteiger partial charge in [-0.25, -0.2) is 0 Å². The van der Waals surface area contributed by atoms with Gasteiger partial charge in [-0.15, -0.1) is 0 Å². The van der Waals surface area contributed by atoms with Crippen LogP contribution in [0.5, 0.6) is 23.0 Å². The van der Waals surface area contributed by atoms with Gasteiger partial charge in [0.1, 0.15) is 23.0 Å². The topological polar surface area (TPSA) is 36.9 Å². The second kappa shape index (κ2) is 30.5. The van der Waals surface area contributed by atoms with Crippen LogP contribution in [0, 0.1) is 150 Å². The molecule has 0 bridgehead atoms. The first-order valence-corrected chi connectivity index (χ1v) is 31.5. The fourth-order valence-corrected chi connectivity index (χ4v) is 12.7. The van der Waals surface area contributed by atoms with Crippen LogP contribution in [0.3, 0.4) is 0 Å². The van der Waals surface area contributed by atoms with Gasteiger partial charge in [0.25, 0.3) is 0 Å². The summed E-state index contributed by atoms with van der Waals surface area (Å²) in [6.45, 7) is 61.9. The lowest BCUT2D eigenvalue weighted by Crippen LogP contribution is -2.10. The highest BCUT2D eigenvalue weighted by molar-refractivity contribution is 5.84. The van der Waals surface area contributed by atoms with Gasteiger partial charge in [-0.05, 0) is 314 Å². The maximum atomic E-state index is 6.22. The quantitative estimate of drug-likeness (QED) is 0.109. The Labute approximate surface area is 523 Å². The molecule has 0 aliphatic carbocycles. The Bertz CT molecular complexity index is 3210. The van der Waals surface area contributed by atoms with Crippen molar-refractivity contribution < 1.29 is 18.9 Å². The summed E-state index contributed by atoms with van der Waals surface area (Å²) in [5.74, 6) is 4.75. The summed E-state index contributed by atoms with van der Waals surface area (Å²) in [6.07, 6.45) is 0.260. The molecule has 0 aromatic heterocycles. The molecule has 0 amide bonds. The highest BCUT2D eigenvalue weighted by atomic mass is 16.5. The molecule has 0 saturated carbocycles. The molecule has 0 heterocycles. The summed E-state index contributed by atoms with van der Waals surface area (Å²) < 4.78 is 24.8. The molecule has 4 nitrogen and oxygen atoms in total. The van der Waals surface area contributed by atoms with Crippen LogP contribution in [0.2, 0.25) is 0 Å². The Morgan fingerprint density at radius 2 is 0.360 bits per heavy atom. The summed E-state index contributed by atoms with van der Waals surface area (Å²) in [7, 11) is 0. The summed E-state index contributed by atoms with van der Waals surface area (Å²) in [5, 5.41) is 0. The maximum Gasteiger partial charge on any atom is 0.128 e. The molecule has 0 unspecified atom stereocenters. The molecule has 0 N–H and O–H groups in total. The number of hydrogen-bond acceptors (Lipinski definition) is 4. The summed E-state index contributed by atoms with van der Waals surface area (Å²) in [6, 6.07) is 35.6. The van der Waals surface area contributed by atoms with Crippen molar-refractivity contribution >= 4 is 0 Å². The van der Waals surface area contributed by atoms with Gasteiger partial charge in [0.05, 0.1) is 25.4 Å². The standard InChI is InChI=1S/C24H34O2.C22H30O2.2C18H22/c1-15(2)13-25-21-11-17(5)9-19(7)23(21)24-20(8)10-18(6)12-22(24)26-14-16(3)4;1-13(2)23-19-11-15(5)9-17(7)21(19)22-18(8)10-16(6)12-20(22)24-14(3)4;2*1-11-7-13(3)17(14(4)8-11)18-15(5)9-12(2)10-16(18)6/h9-12,15-16H,13-14H2,1-8H3;9-14H,1-8H3;2*7-10H,1-6H3. The van der Waals surface area contributed by atoms with Crippen LogP contribution in [0.25, 0.3) is 44.5 Å². The van der Waals surface area contributed by atoms with Crippen molar-refractivity contribution in [3.8, 4) is 67.5 Å². The van der Waals surface area contributed by atoms with Crippen LogP contribution in [0.15, 0.2) is 97.1 Å². The van der Waals surface area contributed by atoms with Crippen LogP contribution < -0.4 is 18.9 Å². The van der Waals surface area contributed by atoms with Gasteiger partial charge in [0, 0.05) is 22.3 Å². The van der Waals surface area contributed by atoms with Gasteiger partial charge < -0.3 is 18.9 Å². The Morgan fingerprint density at radius 1 is 0.209 bits per heavy atom. The van der Waals surface area contributed by atoms with Crippen LogP contribution in [-0.4, -0.2) is 25.4 Å². The molecule has 0 aliphatic rings. The summed E-state index contributed by atoms with van der Waals surface area (Å²) in [4.78, 5) is 0. The molecular weight excluding hydrogens is 1050 g/mol. The molecule has 460 valence electrons. The minimum absolute atomic E-state index is 0.130. The minimum Gasteiger partial charge on any atom is -0.493 e. The first-order chi connectivity index (χ1) is 40.2.